The fourth-order valence-electron chi connectivity index (χ4n) is 2.11. The third-order valence-electron chi connectivity index (χ3n) is 3.38. The van der Waals surface area contributed by atoms with Crippen LogP contribution in [0.4, 0.5) is 10.7 Å². The second-order valence-electron chi connectivity index (χ2n) is 5.11. The van der Waals surface area contributed by atoms with Gasteiger partial charge >= 0.3 is 0 Å². The molecule has 0 aliphatic heterocycles. The predicted octanol–water partition coefficient (Wildman–Crippen LogP) is 2.62. The molecule has 3 rings (SSSR count). The second-order valence-corrected chi connectivity index (χ2v) is 6.17. The Morgan fingerprint density at radius 1 is 1.55 bits per heavy atom. The number of hydrogen-bond donors (Lipinski definition) is 2. The first kappa shape index (κ1) is 13.2. The molecule has 0 spiro atoms. The van der Waals surface area contributed by atoms with Gasteiger partial charge in [0.05, 0.1) is 21.9 Å². The number of nitrogens with two attached hydrogens (primary N) is 1. The zero-order valence-electron chi connectivity index (χ0n) is 11.2. The summed E-state index contributed by atoms with van der Waals surface area (Å²) in [4.78, 5) is 16.8. The van der Waals surface area contributed by atoms with Crippen molar-refractivity contribution in [2.24, 2.45) is 5.92 Å². The molecule has 1 saturated carbocycles. The van der Waals surface area contributed by atoms with Crippen molar-refractivity contribution in [2.75, 3.05) is 17.6 Å². The van der Waals surface area contributed by atoms with E-state index in [1.54, 1.807) is 6.20 Å². The lowest BCUT2D eigenvalue weighted by Crippen LogP contribution is -2.04. The molecule has 1 fully saturated rings. The summed E-state index contributed by atoms with van der Waals surface area (Å²) < 4.78 is 2.05. The molecule has 106 valence electrons. The summed E-state index contributed by atoms with van der Waals surface area (Å²) in [5, 5.41) is 4.32. The SMILES string of the molecule is Nc1cc(NCCCn2ccnc2)sc1C(=O)C1CC1. The quantitative estimate of drug-likeness (QED) is 0.607. The van der Waals surface area contributed by atoms with Crippen molar-refractivity contribution >= 4 is 27.8 Å². The Labute approximate surface area is 121 Å². The van der Waals surface area contributed by atoms with E-state index in [0.29, 0.717) is 5.69 Å². The molecule has 6 heteroatoms. The smallest absolute Gasteiger partial charge is 0.178 e. The first-order valence-electron chi connectivity index (χ1n) is 6.87. The third-order valence-corrected chi connectivity index (χ3v) is 4.51. The molecule has 0 unspecified atom stereocenters. The van der Waals surface area contributed by atoms with Gasteiger partial charge in [0.25, 0.3) is 0 Å². The molecule has 0 bridgehead atoms. The van der Waals surface area contributed by atoms with Crippen molar-refractivity contribution in [3.8, 4) is 0 Å². The molecular formula is C14H18N4OS. The van der Waals surface area contributed by atoms with Gasteiger partial charge in [-0.05, 0) is 25.3 Å². The number of carbonyl (C=O) groups excluding carboxylic acids is 1. The van der Waals surface area contributed by atoms with Gasteiger partial charge < -0.3 is 15.6 Å². The van der Waals surface area contributed by atoms with Crippen LogP contribution >= 0.6 is 11.3 Å². The number of nitrogens with one attached hydrogen (secondary N) is 1. The number of aryl methyl sites for hydroxylation is 1. The molecule has 0 aromatic carbocycles. The number of imidazole rings is 1. The molecule has 5 nitrogen and oxygen atoms in total. The highest BCUT2D eigenvalue weighted by atomic mass is 32.1. The van der Waals surface area contributed by atoms with Crippen molar-refractivity contribution in [2.45, 2.75) is 25.8 Å². The Bertz CT molecular complexity index is 586. The Kier molecular flexibility index (Phi) is 3.73. The van der Waals surface area contributed by atoms with Crippen molar-refractivity contribution in [3.05, 3.63) is 29.7 Å². The van der Waals surface area contributed by atoms with E-state index in [2.05, 4.69) is 10.3 Å². The molecule has 3 N–H and O–H groups in total. The van der Waals surface area contributed by atoms with Crippen molar-refractivity contribution < 1.29 is 4.79 Å². The van der Waals surface area contributed by atoms with E-state index in [-0.39, 0.29) is 11.7 Å². The van der Waals surface area contributed by atoms with Gasteiger partial charge in [-0.3, -0.25) is 4.79 Å². The summed E-state index contributed by atoms with van der Waals surface area (Å²) in [5.74, 6) is 0.448. The average molecular weight is 290 g/mol. The molecular weight excluding hydrogens is 272 g/mol. The maximum absolute atomic E-state index is 12.0. The topological polar surface area (TPSA) is 72.9 Å². The summed E-state index contributed by atoms with van der Waals surface area (Å²) in [7, 11) is 0. The minimum atomic E-state index is 0.221. The van der Waals surface area contributed by atoms with E-state index >= 15 is 0 Å². The van der Waals surface area contributed by atoms with Gasteiger partial charge in [0.1, 0.15) is 0 Å². The van der Waals surface area contributed by atoms with Crippen molar-refractivity contribution in [1.29, 1.82) is 0 Å². The van der Waals surface area contributed by atoms with Gasteiger partial charge in [0, 0.05) is 31.4 Å². The minimum Gasteiger partial charge on any atom is -0.397 e. The van der Waals surface area contributed by atoms with Crippen LogP contribution in [0.5, 0.6) is 0 Å². The van der Waals surface area contributed by atoms with Gasteiger partial charge in [0.2, 0.25) is 0 Å². The van der Waals surface area contributed by atoms with Crippen LogP contribution in [0, 0.1) is 5.92 Å². The third kappa shape index (κ3) is 3.01. The number of nitrogens with zero attached hydrogens (tertiary/aromatic N) is 2. The molecule has 0 radical (unpaired) electrons. The lowest BCUT2D eigenvalue weighted by Gasteiger charge is -2.03. The van der Waals surface area contributed by atoms with Crippen LogP contribution in [-0.2, 0) is 6.54 Å². The average Bonchev–Trinajstić information content (AvgIpc) is 3.04. The highest BCUT2D eigenvalue weighted by Gasteiger charge is 2.32. The number of thiophene rings is 1. The number of rotatable bonds is 7. The maximum atomic E-state index is 12.0. The van der Waals surface area contributed by atoms with Crippen molar-refractivity contribution in [3.63, 3.8) is 0 Å². The lowest BCUT2D eigenvalue weighted by molar-refractivity contribution is 0.0972. The monoisotopic (exact) mass is 290 g/mol. The molecule has 1 aliphatic carbocycles. The zero-order chi connectivity index (χ0) is 13.9. The first-order chi connectivity index (χ1) is 9.74. The molecule has 0 atom stereocenters. The molecule has 1 aliphatic rings. The van der Waals surface area contributed by atoms with Gasteiger partial charge in [-0.15, -0.1) is 11.3 Å². The van der Waals surface area contributed by atoms with E-state index in [1.807, 2.05) is 23.2 Å². The van der Waals surface area contributed by atoms with E-state index in [9.17, 15) is 4.79 Å². The largest absolute Gasteiger partial charge is 0.397 e. The molecule has 0 saturated heterocycles. The van der Waals surface area contributed by atoms with Crippen LogP contribution in [0.25, 0.3) is 0 Å². The fraction of sp³-hybridized carbons (Fsp3) is 0.429. The predicted molar refractivity (Wildman–Crippen MR) is 81.1 cm³/mol. The van der Waals surface area contributed by atoms with Gasteiger partial charge in [-0.25, -0.2) is 4.98 Å². The summed E-state index contributed by atoms with van der Waals surface area (Å²) in [5.41, 5.74) is 6.54. The number of hydrogen-bond acceptors (Lipinski definition) is 5. The number of ketones is 1. The van der Waals surface area contributed by atoms with Crippen LogP contribution in [-0.4, -0.2) is 21.9 Å². The minimum absolute atomic E-state index is 0.221. The molecule has 0 amide bonds. The molecule has 20 heavy (non-hydrogen) atoms. The standard InChI is InChI=1S/C14H18N4OS/c15-11-8-12(20-14(11)13(19)10-2-3-10)17-4-1-6-18-7-5-16-9-18/h5,7-10,17H,1-4,6,15H2. The van der Waals surface area contributed by atoms with E-state index in [4.69, 9.17) is 5.73 Å². The summed E-state index contributed by atoms with van der Waals surface area (Å²) in [6.45, 7) is 1.79. The number of carbonyl (C=O) groups is 1. The molecule has 2 aromatic rings. The van der Waals surface area contributed by atoms with Gasteiger partial charge in [0.15, 0.2) is 5.78 Å². The van der Waals surface area contributed by atoms with Crippen LogP contribution < -0.4 is 11.1 Å². The zero-order valence-corrected chi connectivity index (χ0v) is 12.0. The highest BCUT2D eigenvalue weighted by Crippen LogP contribution is 2.38. The maximum Gasteiger partial charge on any atom is 0.178 e. The number of nitrogen functional groups attached to an aromatic ring is 1. The van der Waals surface area contributed by atoms with E-state index < -0.39 is 0 Å². The van der Waals surface area contributed by atoms with Gasteiger partial charge in [-0.1, -0.05) is 0 Å². The fourth-order valence-corrected chi connectivity index (χ4v) is 3.13. The number of aromatic nitrogens is 2. The van der Waals surface area contributed by atoms with Crippen LogP contribution in [0.3, 0.4) is 0 Å². The summed E-state index contributed by atoms with van der Waals surface area (Å²) in [6, 6.07) is 1.87. The van der Waals surface area contributed by atoms with E-state index in [1.165, 1.54) is 11.3 Å². The van der Waals surface area contributed by atoms with Gasteiger partial charge in [-0.2, -0.15) is 0 Å². The van der Waals surface area contributed by atoms with Crippen LogP contribution in [0.2, 0.25) is 0 Å². The van der Waals surface area contributed by atoms with Crippen LogP contribution in [0.15, 0.2) is 24.8 Å². The number of Topliss-reactive ketones (excluding diaryl/α,β-unsaturated/α-hetero) is 1. The number of anilines is 2. The molecule has 2 heterocycles. The first-order valence-corrected chi connectivity index (χ1v) is 7.69. The lowest BCUT2D eigenvalue weighted by atomic mass is 10.2. The Balaban J connectivity index is 1.50. The highest BCUT2D eigenvalue weighted by molar-refractivity contribution is 7.18. The summed E-state index contributed by atoms with van der Waals surface area (Å²) in [6.07, 6.45) is 8.59. The Morgan fingerprint density at radius 3 is 3.10 bits per heavy atom. The summed E-state index contributed by atoms with van der Waals surface area (Å²) >= 11 is 1.48. The Morgan fingerprint density at radius 2 is 2.40 bits per heavy atom. The van der Waals surface area contributed by atoms with Crippen molar-refractivity contribution in [1.82, 2.24) is 9.55 Å². The molecule has 2 aromatic heterocycles. The Hall–Kier alpha value is -1.82. The normalized spacial score (nSPS) is 14.4. The van der Waals surface area contributed by atoms with Crippen LogP contribution in [0.1, 0.15) is 28.9 Å². The van der Waals surface area contributed by atoms with E-state index in [0.717, 1.165) is 42.2 Å². The second kappa shape index (κ2) is 5.66.